The predicted octanol–water partition coefficient (Wildman–Crippen LogP) is 7.07. The summed E-state index contributed by atoms with van der Waals surface area (Å²) in [6.07, 6.45) is 0. The van der Waals surface area contributed by atoms with Gasteiger partial charge < -0.3 is 4.42 Å². The maximum atomic E-state index is 12.8. The molecular weight excluding hydrogens is 400 g/mol. The van der Waals surface area contributed by atoms with E-state index in [0.717, 1.165) is 21.0 Å². The van der Waals surface area contributed by atoms with E-state index >= 15 is 0 Å². The lowest BCUT2D eigenvalue weighted by atomic mass is 10.0. The van der Waals surface area contributed by atoms with Crippen molar-refractivity contribution < 1.29 is 9.21 Å². The molecule has 5 rings (SSSR count). The van der Waals surface area contributed by atoms with Crippen LogP contribution < -0.4 is 0 Å². The molecule has 0 N–H and O–H groups in total. The Morgan fingerprint density at radius 3 is 1.94 bits per heavy atom. The lowest BCUT2D eigenvalue weighted by Crippen LogP contribution is -2.05. The molecule has 1 aromatic heterocycles. The van der Waals surface area contributed by atoms with E-state index in [4.69, 9.17) is 4.42 Å². The third-order valence-electron chi connectivity index (χ3n) is 5.25. The van der Waals surface area contributed by atoms with Crippen LogP contribution in [0.1, 0.15) is 21.5 Å². The topological polar surface area (TPSA) is 30.2 Å². The molecule has 0 aliphatic heterocycles. The average Bonchev–Trinajstić information content (AvgIpc) is 3.25. The molecule has 0 saturated carbocycles. The van der Waals surface area contributed by atoms with Crippen molar-refractivity contribution >= 4 is 27.6 Å². The summed E-state index contributed by atoms with van der Waals surface area (Å²) in [6, 6.07) is 36.1. The van der Waals surface area contributed by atoms with E-state index in [9.17, 15) is 4.79 Å². The second-order valence-corrected chi connectivity index (χ2v) is 9.40. The normalized spacial score (nSPS) is 12.0. The molecule has 5 aromatic rings. The average molecular weight is 422 g/mol. The van der Waals surface area contributed by atoms with Crippen LogP contribution in [0.4, 0.5) is 0 Å². The van der Waals surface area contributed by atoms with E-state index < -0.39 is 10.9 Å². The minimum atomic E-state index is -0.400. The van der Waals surface area contributed by atoms with Gasteiger partial charge in [0.15, 0.2) is 15.6 Å². The fraction of sp³-hybridized carbons (Fsp3) is 0.0357. The predicted molar refractivity (Wildman–Crippen MR) is 126 cm³/mol. The zero-order chi connectivity index (χ0) is 21.2. The molecule has 1 atom stereocenters. The summed E-state index contributed by atoms with van der Waals surface area (Å²) < 4.78 is 6.26. The molecule has 0 aliphatic rings. The molecule has 0 saturated heterocycles. The number of furan rings is 1. The number of carbonyl (C=O) groups excluding carboxylic acids is 1. The summed E-state index contributed by atoms with van der Waals surface area (Å²) in [5.41, 5.74) is 3.50. The van der Waals surface area contributed by atoms with Crippen LogP contribution in [0.2, 0.25) is 0 Å². The van der Waals surface area contributed by atoms with Gasteiger partial charge in [0.05, 0.1) is 0 Å². The zero-order valence-corrected chi connectivity index (χ0v) is 17.9. The van der Waals surface area contributed by atoms with Gasteiger partial charge in [0.1, 0.15) is 16.5 Å². The van der Waals surface area contributed by atoms with Crippen LogP contribution in [0.15, 0.2) is 128 Å². The van der Waals surface area contributed by atoms with E-state index in [2.05, 4.69) is 43.3 Å². The Hall–Kier alpha value is -3.56. The number of hydrogen-bond acceptors (Lipinski definition) is 2. The number of hydrogen-bond donors (Lipinski definition) is 0. The highest BCUT2D eigenvalue weighted by Crippen LogP contribution is 2.35. The molecule has 1 unspecified atom stereocenters. The number of rotatable bonds is 5. The van der Waals surface area contributed by atoms with Crippen molar-refractivity contribution in [2.24, 2.45) is 0 Å². The maximum Gasteiger partial charge on any atom is 0.325 e. The molecular formula is C28H21O2S+. The number of fused-ring (bicyclic) bond motifs is 1. The first-order valence-electron chi connectivity index (χ1n) is 10.2. The minimum absolute atomic E-state index is 0.0334. The molecule has 0 radical (unpaired) electrons. The highest BCUT2D eigenvalue weighted by Gasteiger charge is 2.33. The van der Waals surface area contributed by atoms with Gasteiger partial charge in [-0.25, -0.2) is 0 Å². The summed E-state index contributed by atoms with van der Waals surface area (Å²) in [5.74, 6) is 0.0334. The molecule has 1 heterocycles. The van der Waals surface area contributed by atoms with Crippen molar-refractivity contribution in [2.45, 2.75) is 21.8 Å². The van der Waals surface area contributed by atoms with Crippen molar-refractivity contribution in [3.8, 4) is 0 Å². The Morgan fingerprint density at radius 2 is 1.26 bits per heavy atom. The molecule has 2 nitrogen and oxygen atoms in total. The second kappa shape index (κ2) is 8.29. The van der Waals surface area contributed by atoms with Crippen molar-refractivity contribution in [1.82, 2.24) is 0 Å². The van der Waals surface area contributed by atoms with Gasteiger partial charge in [0, 0.05) is 22.6 Å². The summed E-state index contributed by atoms with van der Waals surface area (Å²) in [5, 5.41) is 2.02. The number of benzene rings is 4. The lowest BCUT2D eigenvalue weighted by Gasteiger charge is -2.06. The molecule has 4 aromatic carbocycles. The van der Waals surface area contributed by atoms with E-state index in [1.54, 1.807) is 0 Å². The summed E-state index contributed by atoms with van der Waals surface area (Å²) in [6.45, 7) is 2.09. The van der Waals surface area contributed by atoms with Crippen LogP contribution in [0, 0.1) is 6.92 Å². The first-order valence-corrected chi connectivity index (χ1v) is 11.4. The monoisotopic (exact) mass is 421 g/mol. The fourth-order valence-corrected chi connectivity index (χ4v) is 5.57. The van der Waals surface area contributed by atoms with E-state index in [1.165, 1.54) is 10.5 Å². The van der Waals surface area contributed by atoms with Crippen LogP contribution in [0.25, 0.3) is 11.0 Å². The van der Waals surface area contributed by atoms with Gasteiger partial charge >= 0.3 is 5.09 Å². The van der Waals surface area contributed by atoms with Crippen LogP contribution in [-0.4, -0.2) is 5.78 Å². The van der Waals surface area contributed by atoms with Crippen molar-refractivity contribution in [3.05, 3.63) is 126 Å². The lowest BCUT2D eigenvalue weighted by molar-refractivity contribution is 0.103. The van der Waals surface area contributed by atoms with Gasteiger partial charge in [0.2, 0.25) is 0 Å². The summed E-state index contributed by atoms with van der Waals surface area (Å²) >= 11 is 0. The second-order valence-electron chi connectivity index (χ2n) is 7.44. The molecule has 31 heavy (non-hydrogen) atoms. The van der Waals surface area contributed by atoms with E-state index in [0.29, 0.717) is 11.1 Å². The number of ketones is 1. The maximum absolute atomic E-state index is 12.8. The Morgan fingerprint density at radius 1 is 0.677 bits per heavy atom. The van der Waals surface area contributed by atoms with Crippen molar-refractivity contribution in [2.75, 3.05) is 0 Å². The fourth-order valence-electron chi connectivity index (χ4n) is 3.60. The highest BCUT2D eigenvalue weighted by atomic mass is 32.2. The number of aryl methyl sites for hydroxylation is 1. The smallest absolute Gasteiger partial charge is 0.325 e. The third kappa shape index (κ3) is 3.92. The van der Waals surface area contributed by atoms with E-state index in [1.807, 2.05) is 72.8 Å². The third-order valence-corrected chi connectivity index (χ3v) is 7.34. The minimum Gasteiger partial charge on any atom is -0.416 e. The Labute approximate surface area is 184 Å². The molecule has 150 valence electrons. The summed E-state index contributed by atoms with van der Waals surface area (Å²) in [4.78, 5) is 15.1. The number of para-hydroxylation sites is 1. The van der Waals surface area contributed by atoms with Gasteiger partial charge in [-0.05, 0) is 49.4 Å². The van der Waals surface area contributed by atoms with E-state index in [-0.39, 0.29) is 5.78 Å². The first-order chi connectivity index (χ1) is 15.2. The zero-order valence-electron chi connectivity index (χ0n) is 17.1. The van der Waals surface area contributed by atoms with Crippen LogP contribution in [0.3, 0.4) is 0 Å². The Bertz CT molecular complexity index is 1300. The molecule has 0 aliphatic carbocycles. The van der Waals surface area contributed by atoms with Gasteiger partial charge in [0.25, 0.3) is 0 Å². The largest absolute Gasteiger partial charge is 0.416 e. The highest BCUT2D eigenvalue weighted by molar-refractivity contribution is 7.97. The Balaban J connectivity index is 1.56. The van der Waals surface area contributed by atoms with Crippen LogP contribution in [-0.2, 0) is 10.9 Å². The molecule has 0 spiro atoms. The van der Waals surface area contributed by atoms with Gasteiger partial charge in [-0.1, -0.05) is 66.2 Å². The SMILES string of the molecule is Cc1ccc([S+](c2ccc(C(=O)c3ccccc3)cc2)c2cc3ccccc3o2)cc1. The Kier molecular flexibility index (Phi) is 5.19. The molecule has 0 bridgehead atoms. The standard InChI is InChI=1S/C28H21O2S/c1-20-11-15-24(16-12-20)31(27-19-23-9-5-6-10-26(23)30-27)25-17-13-22(14-18-25)28(29)21-7-3-2-4-8-21/h2-19H,1H3/q+1. The summed E-state index contributed by atoms with van der Waals surface area (Å²) in [7, 11) is -0.400. The molecule has 3 heteroatoms. The quantitative estimate of drug-likeness (QED) is 0.224. The van der Waals surface area contributed by atoms with Crippen LogP contribution >= 0.6 is 0 Å². The number of carbonyl (C=O) groups is 1. The van der Waals surface area contributed by atoms with Crippen molar-refractivity contribution in [3.63, 3.8) is 0 Å². The molecule has 0 amide bonds. The first kappa shape index (κ1) is 19.4. The molecule has 0 fully saturated rings. The van der Waals surface area contributed by atoms with Crippen LogP contribution in [0.5, 0.6) is 0 Å². The van der Waals surface area contributed by atoms with Gasteiger partial charge in [-0.3, -0.25) is 4.79 Å². The van der Waals surface area contributed by atoms with Gasteiger partial charge in [-0.15, -0.1) is 0 Å². The van der Waals surface area contributed by atoms with Crippen molar-refractivity contribution in [1.29, 1.82) is 0 Å². The van der Waals surface area contributed by atoms with Gasteiger partial charge in [-0.2, -0.15) is 0 Å².